The maximum Gasteiger partial charge on any atom is 0.323 e. The molecule has 0 radical (unpaired) electrons. The number of hydrogen-bond acceptors (Lipinski definition) is 4. The summed E-state index contributed by atoms with van der Waals surface area (Å²) in [6.45, 7) is 0.847. The highest BCUT2D eigenvalue weighted by atomic mass is 16.5. The molecular weight excluding hydrogens is 182 g/mol. The van der Waals surface area contributed by atoms with Gasteiger partial charge in [0, 0.05) is 24.8 Å². The van der Waals surface area contributed by atoms with Crippen molar-refractivity contribution in [2.75, 3.05) is 13.7 Å². The smallest absolute Gasteiger partial charge is 0.323 e. The molecule has 78 valence electrons. The van der Waals surface area contributed by atoms with Crippen molar-refractivity contribution < 1.29 is 14.3 Å². The molecule has 0 aromatic carbocycles. The minimum Gasteiger partial charge on any atom is -0.468 e. The van der Waals surface area contributed by atoms with Crippen molar-refractivity contribution in [1.82, 2.24) is 5.32 Å². The lowest BCUT2D eigenvalue weighted by Gasteiger charge is -2.50. The Bertz CT molecular complexity index is 265. The van der Waals surface area contributed by atoms with Crippen LogP contribution in [0.25, 0.3) is 0 Å². The number of nitrogens with one attached hydrogen (secondary N) is 1. The van der Waals surface area contributed by atoms with Crippen molar-refractivity contribution in [3.63, 3.8) is 0 Å². The Morgan fingerprint density at radius 2 is 2.14 bits per heavy atom. The minimum absolute atomic E-state index is 0.0149. The van der Waals surface area contributed by atoms with E-state index in [-0.39, 0.29) is 17.4 Å². The highest BCUT2D eigenvalue weighted by Crippen LogP contribution is 2.43. The molecule has 1 aliphatic carbocycles. The highest BCUT2D eigenvalue weighted by Gasteiger charge is 2.52. The Morgan fingerprint density at radius 3 is 2.57 bits per heavy atom. The van der Waals surface area contributed by atoms with E-state index < -0.39 is 0 Å². The molecule has 1 atom stereocenters. The number of rotatable bonds is 1. The van der Waals surface area contributed by atoms with E-state index in [9.17, 15) is 9.59 Å². The molecule has 0 aromatic heterocycles. The summed E-state index contributed by atoms with van der Waals surface area (Å²) in [5.41, 5.74) is 0.0149. The SMILES string of the molecule is COC(=O)[C@@H]1NCC12CCC(=O)CC2. The fraction of sp³-hybridized carbons (Fsp3) is 0.800. The Morgan fingerprint density at radius 1 is 1.50 bits per heavy atom. The van der Waals surface area contributed by atoms with Crippen molar-refractivity contribution in [3.8, 4) is 0 Å². The minimum atomic E-state index is -0.189. The zero-order valence-electron chi connectivity index (χ0n) is 8.34. The van der Waals surface area contributed by atoms with Gasteiger partial charge in [0.25, 0.3) is 0 Å². The maximum atomic E-state index is 11.4. The van der Waals surface area contributed by atoms with Crippen LogP contribution in [0.2, 0.25) is 0 Å². The van der Waals surface area contributed by atoms with Crippen molar-refractivity contribution in [2.24, 2.45) is 5.41 Å². The number of esters is 1. The van der Waals surface area contributed by atoms with Gasteiger partial charge in [0.1, 0.15) is 11.8 Å². The van der Waals surface area contributed by atoms with Gasteiger partial charge in [-0.15, -0.1) is 0 Å². The van der Waals surface area contributed by atoms with E-state index in [4.69, 9.17) is 4.74 Å². The summed E-state index contributed by atoms with van der Waals surface area (Å²) in [5, 5.41) is 3.09. The monoisotopic (exact) mass is 197 g/mol. The molecule has 0 unspecified atom stereocenters. The van der Waals surface area contributed by atoms with Crippen LogP contribution in [0.15, 0.2) is 0 Å². The normalized spacial score (nSPS) is 29.8. The van der Waals surface area contributed by atoms with Gasteiger partial charge < -0.3 is 10.1 Å². The van der Waals surface area contributed by atoms with E-state index in [2.05, 4.69) is 5.32 Å². The molecule has 2 aliphatic rings. The average molecular weight is 197 g/mol. The molecule has 1 aliphatic heterocycles. The third kappa shape index (κ3) is 1.34. The lowest BCUT2D eigenvalue weighted by molar-refractivity contribution is -0.154. The Kier molecular flexibility index (Phi) is 2.31. The summed E-state index contributed by atoms with van der Waals surface area (Å²) in [7, 11) is 1.41. The number of ketones is 1. The third-order valence-electron chi connectivity index (χ3n) is 3.51. The van der Waals surface area contributed by atoms with Gasteiger partial charge in [0.2, 0.25) is 0 Å². The first kappa shape index (κ1) is 9.65. The lowest BCUT2D eigenvalue weighted by atomic mass is 9.64. The zero-order chi connectivity index (χ0) is 10.2. The van der Waals surface area contributed by atoms with E-state index in [1.54, 1.807) is 0 Å². The number of ether oxygens (including phenoxy) is 1. The van der Waals surface area contributed by atoms with Crippen LogP contribution in [0.5, 0.6) is 0 Å². The van der Waals surface area contributed by atoms with E-state index >= 15 is 0 Å². The summed E-state index contributed by atoms with van der Waals surface area (Å²) >= 11 is 0. The largest absolute Gasteiger partial charge is 0.468 e. The number of carbonyl (C=O) groups excluding carboxylic acids is 2. The fourth-order valence-electron chi connectivity index (χ4n) is 2.44. The second kappa shape index (κ2) is 3.35. The first-order valence-corrected chi connectivity index (χ1v) is 5.01. The Labute approximate surface area is 83.0 Å². The van der Waals surface area contributed by atoms with Crippen LogP contribution in [0.4, 0.5) is 0 Å². The summed E-state index contributed by atoms with van der Waals surface area (Å²) in [4.78, 5) is 22.5. The van der Waals surface area contributed by atoms with Crippen molar-refractivity contribution in [1.29, 1.82) is 0 Å². The number of Topliss-reactive ketones (excluding diaryl/α,β-unsaturated/α-hetero) is 1. The standard InChI is InChI=1S/C10H15NO3/c1-14-9(13)8-10(6-11-8)4-2-7(12)3-5-10/h8,11H,2-6H2,1H3/t8-/m0/s1. The molecule has 1 N–H and O–H groups in total. The van der Waals surface area contributed by atoms with Crippen LogP contribution in [-0.2, 0) is 14.3 Å². The Balaban J connectivity index is 2.03. The fourth-order valence-corrected chi connectivity index (χ4v) is 2.44. The van der Waals surface area contributed by atoms with Gasteiger partial charge in [-0.05, 0) is 12.8 Å². The molecule has 1 heterocycles. The number of carbonyl (C=O) groups is 2. The number of methoxy groups -OCH3 is 1. The van der Waals surface area contributed by atoms with E-state index in [0.29, 0.717) is 18.6 Å². The van der Waals surface area contributed by atoms with Crippen LogP contribution in [-0.4, -0.2) is 31.4 Å². The molecular formula is C10H15NO3. The first-order valence-electron chi connectivity index (χ1n) is 5.01. The average Bonchev–Trinajstić information content (AvgIpc) is 2.17. The van der Waals surface area contributed by atoms with Crippen molar-refractivity contribution >= 4 is 11.8 Å². The molecule has 2 fully saturated rings. The van der Waals surface area contributed by atoms with Crippen LogP contribution in [0, 0.1) is 5.41 Å². The van der Waals surface area contributed by atoms with Gasteiger partial charge in [-0.1, -0.05) is 0 Å². The van der Waals surface area contributed by atoms with Crippen molar-refractivity contribution in [2.45, 2.75) is 31.7 Å². The summed E-state index contributed by atoms with van der Waals surface area (Å²) in [6.07, 6.45) is 2.90. The molecule has 4 nitrogen and oxygen atoms in total. The number of hydrogen-bond donors (Lipinski definition) is 1. The van der Waals surface area contributed by atoms with Gasteiger partial charge in [-0.3, -0.25) is 9.59 Å². The van der Waals surface area contributed by atoms with Gasteiger partial charge in [-0.25, -0.2) is 0 Å². The van der Waals surface area contributed by atoms with Gasteiger partial charge >= 0.3 is 5.97 Å². The molecule has 1 saturated heterocycles. The van der Waals surface area contributed by atoms with Crippen LogP contribution in [0.3, 0.4) is 0 Å². The third-order valence-corrected chi connectivity index (χ3v) is 3.51. The highest BCUT2D eigenvalue weighted by molar-refractivity contribution is 5.82. The molecule has 4 heteroatoms. The van der Waals surface area contributed by atoms with Crippen molar-refractivity contribution in [3.05, 3.63) is 0 Å². The molecule has 1 spiro atoms. The van der Waals surface area contributed by atoms with Gasteiger partial charge in [0.15, 0.2) is 0 Å². The molecule has 2 rings (SSSR count). The van der Waals surface area contributed by atoms with E-state index in [1.807, 2.05) is 0 Å². The second-order valence-electron chi connectivity index (χ2n) is 4.24. The summed E-state index contributed by atoms with van der Waals surface area (Å²) in [5.74, 6) is 0.136. The van der Waals surface area contributed by atoms with Crippen LogP contribution < -0.4 is 5.32 Å². The first-order chi connectivity index (χ1) is 6.68. The van der Waals surface area contributed by atoms with Crippen LogP contribution in [0.1, 0.15) is 25.7 Å². The summed E-state index contributed by atoms with van der Waals surface area (Å²) < 4.78 is 4.72. The molecule has 0 amide bonds. The van der Waals surface area contributed by atoms with Crippen LogP contribution >= 0.6 is 0 Å². The molecule has 0 bridgehead atoms. The van der Waals surface area contributed by atoms with E-state index in [1.165, 1.54) is 7.11 Å². The predicted octanol–water partition coefficient (Wildman–Crippen LogP) is 0.261. The Hall–Kier alpha value is -0.900. The topological polar surface area (TPSA) is 55.4 Å². The summed E-state index contributed by atoms with van der Waals surface area (Å²) in [6, 6.07) is -0.180. The predicted molar refractivity (Wildman–Crippen MR) is 49.7 cm³/mol. The second-order valence-corrected chi connectivity index (χ2v) is 4.24. The lowest BCUT2D eigenvalue weighted by Crippen LogP contribution is -2.67. The maximum absolute atomic E-state index is 11.4. The molecule has 14 heavy (non-hydrogen) atoms. The van der Waals surface area contributed by atoms with Gasteiger partial charge in [0.05, 0.1) is 7.11 Å². The van der Waals surface area contributed by atoms with E-state index in [0.717, 1.165) is 19.4 Å². The zero-order valence-corrected chi connectivity index (χ0v) is 8.34. The molecule has 1 saturated carbocycles. The quantitative estimate of drug-likeness (QED) is 0.613. The molecule has 0 aromatic rings. The van der Waals surface area contributed by atoms with Gasteiger partial charge in [-0.2, -0.15) is 0 Å².